The van der Waals surface area contributed by atoms with Crippen LogP contribution < -0.4 is 15.4 Å². The highest BCUT2D eigenvalue weighted by atomic mass is 16.5. The number of rotatable bonds is 8. The fourth-order valence-electron chi connectivity index (χ4n) is 2.81. The molecule has 2 aromatic rings. The van der Waals surface area contributed by atoms with E-state index in [1.165, 1.54) is 0 Å². The molecule has 0 heterocycles. The third-order valence-corrected chi connectivity index (χ3v) is 4.74. The molecule has 0 aliphatic heterocycles. The average Bonchev–Trinajstić information content (AvgIpc) is 3.50. The van der Waals surface area contributed by atoms with E-state index in [1.54, 1.807) is 24.3 Å². The second kappa shape index (κ2) is 8.71. The van der Waals surface area contributed by atoms with Gasteiger partial charge in [0.15, 0.2) is 6.61 Å². The number of anilines is 1. The minimum absolute atomic E-state index is 0.0774. The van der Waals surface area contributed by atoms with Gasteiger partial charge in [-0.2, -0.15) is 0 Å². The van der Waals surface area contributed by atoms with Gasteiger partial charge in [-0.3, -0.25) is 9.59 Å². The third kappa shape index (κ3) is 5.33. The van der Waals surface area contributed by atoms with Crippen molar-refractivity contribution in [1.82, 2.24) is 5.32 Å². The Hall–Kier alpha value is -2.82. The van der Waals surface area contributed by atoms with Crippen molar-refractivity contribution in [3.8, 4) is 5.75 Å². The summed E-state index contributed by atoms with van der Waals surface area (Å²) >= 11 is 0. The van der Waals surface area contributed by atoms with E-state index in [-0.39, 0.29) is 18.4 Å². The van der Waals surface area contributed by atoms with Gasteiger partial charge >= 0.3 is 0 Å². The maximum Gasteiger partial charge on any atom is 0.262 e. The maximum absolute atomic E-state index is 12.3. The van der Waals surface area contributed by atoms with Crippen molar-refractivity contribution in [3.63, 3.8) is 0 Å². The van der Waals surface area contributed by atoms with Crippen molar-refractivity contribution >= 4 is 17.5 Å². The van der Waals surface area contributed by atoms with Gasteiger partial charge < -0.3 is 15.4 Å². The largest absolute Gasteiger partial charge is 0.483 e. The highest BCUT2D eigenvalue weighted by molar-refractivity contribution is 5.97. The Labute approximate surface area is 160 Å². The number of benzene rings is 2. The highest BCUT2D eigenvalue weighted by Gasteiger charge is 2.23. The molecule has 27 heavy (non-hydrogen) atoms. The van der Waals surface area contributed by atoms with E-state index in [0.29, 0.717) is 23.2 Å². The first-order valence-corrected chi connectivity index (χ1v) is 9.49. The molecule has 0 radical (unpaired) electrons. The lowest BCUT2D eigenvalue weighted by Gasteiger charge is -2.15. The number of amides is 2. The number of nitrogens with one attached hydrogen (secondary N) is 2. The van der Waals surface area contributed by atoms with Crippen LogP contribution in [0.3, 0.4) is 0 Å². The minimum Gasteiger partial charge on any atom is -0.483 e. The van der Waals surface area contributed by atoms with Gasteiger partial charge in [0.25, 0.3) is 11.8 Å². The van der Waals surface area contributed by atoms with Gasteiger partial charge in [-0.05, 0) is 55.0 Å². The van der Waals surface area contributed by atoms with E-state index in [2.05, 4.69) is 24.5 Å². The SMILES string of the molecule is CCC(C)c1ccccc1OCC(=O)Nc1cccc(C(=O)NC2CC2)c1. The predicted octanol–water partition coefficient (Wildman–Crippen LogP) is 4.11. The molecule has 1 atom stereocenters. The molecule has 2 amide bonds. The van der Waals surface area contributed by atoms with E-state index < -0.39 is 0 Å². The zero-order valence-corrected chi connectivity index (χ0v) is 15.8. The van der Waals surface area contributed by atoms with E-state index in [1.807, 2.05) is 24.3 Å². The number of ether oxygens (including phenoxy) is 1. The van der Waals surface area contributed by atoms with E-state index in [0.717, 1.165) is 30.6 Å². The van der Waals surface area contributed by atoms with Crippen LogP contribution >= 0.6 is 0 Å². The highest BCUT2D eigenvalue weighted by Crippen LogP contribution is 2.28. The molecule has 1 fully saturated rings. The number of para-hydroxylation sites is 1. The summed E-state index contributed by atoms with van der Waals surface area (Å²) in [5, 5.41) is 5.74. The van der Waals surface area contributed by atoms with Crippen LogP contribution in [0.2, 0.25) is 0 Å². The third-order valence-electron chi connectivity index (χ3n) is 4.74. The summed E-state index contributed by atoms with van der Waals surface area (Å²) in [4.78, 5) is 24.4. The Bertz CT molecular complexity index is 815. The molecule has 3 rings (SSSR count). The maximum atomic E-state index is 12.3. The summed E-state index contributed by atoms with van der Waals surface area (Å²) in [6.07, 6.45) is 3.08. The summed E-state index contributed by atoms with van der Waals surface area (Å²) in [6, 6.07) is 15.0. The van der Waals surface area contributed by atoms with Gasteiger partial charge in [-0.1, -0.05) is 38.1 Å². The van der Waals surface area contributed by atoms with Crippen molar-refractivity contribution in [2.75, 3.05) is 11.9 Å². The first-order chi connectivity index (χ1) is 13.1. The molecular weight excluding hydrogens is 340 g/mol. The van der Waals surface area contributed by atoms with Crippen molar-refractivity contribution in [1.29, 1.82) is 0 Å². The van der Waals surface area contributed by atoms with E-state index >= 15 is 0 Å². The Morgan fingerprint density at radius 1 is 1.15 bits per heavy atom. The van der Waals surface area contributed by atoms with Crippen molar-refractivity contribution < 1.29 is 14.3 Å². The molecule has 5 heteroatoms. The number of carbonyl (C=O) groups is 2. The Morgan fingerprint density at radius 2 is 1.93 bits per heavy atom. The molecule has 2 N–H and O–H groups in total. The zero-order valence-electron chi connectivity index (χ0n) is 15.8. The monoisotopic (exact) mass is 366 g/mol. The molecule has 1 aliphatic rings. The average molecular weight is 366 g/mol. The van der Waals surface area contributed by atoms with Crippen molar-refractivity contribution in [2.24, 2.45) is 0 Å². The topological polar surface area (TPSA) is 67.4 Å². The van der Waals surface area contributed by atoms with Crippen LogP contribution in [0.5, 0.6) is 5.75 Å². The Kier molecular flexibility index (Phi) is 6.12. The lowest BCUT2D eigenvalue weighted by molar-refractivity contribution is -0.118. The van der Waals surface area contributed by atoms with Crippen LogP contribution in [0.25, 0.3) is 0 Å². The molecule has 2 aromatic carbocycles. The Balaban J connectivity index is 1.57. The molecule has 142 valence electrons. The molecule has 0 saturated heterocycles. The predicted molar refractivity (Wildman–Crippen MR) is 106 cm³/mol. The van der Waals surface area contributed by atoms with Crippen LogP contribution in [0, 0.1) is 0 Å². The first kappa shape index (κ1) is 19.0. The van der Waals surface area contributed by atoms with Gasteiger partial charge in [-0.15, -0.1) is 0 Å². The molecular formula is C22H26N2O3. The van der Waals surface area contributed by atoms with Crippen LogP contribution in [0.4, 0.5) is 5.69 Å². The molecule has 1 aliphatic carbocycles. The standard InChI is InChI=1S/C22H26N2O3/c1-3-15(2)19-9-4-5-10-20(19)27-14-21(25)23-18-8-6-7-16(13-18)22(26)24-17-11-12-17/h4-10,13,15,17H,3,11-12,14H2,1-2H3,(H,23,25)(H,24,26). The molecule has 1 saturated carbocycles. The van der Waals surface area contributed by atoms with Gasteiger partial charge in [0.1, 0.15) is 5.75 Å². The molecule has 5 nitrogen and oxygen atoms in total. The lowest BCUT2D eigenvalue weighted by atomic mass is 9.98. The normalized spacial score (nSPS) is 14.3. The molecule has 0 aromatic heterocycles. The second-order valence-corrected chi connectivity index (χ2v) is 7.01. The van der Waals surface area contributed by atoms with Gasteiger partial charge in [0.05, 0.1) is 0 Å². The summed E-state index contributed by atoms with van der Waals surface area (Å²) in [5.74, 6) is 0.742. The Morgan fingerprint density at radius 3 is 2.67 bits per heavy atom. The molecule has 0 bridgehead atoms. The van der Waals surface area contributed by atoms with Crippen LogP contribution in [0.1, 0.15) is 54.9 Å². The van der Waals surface area contributed by atoms with Crippen molar-refractivity contribution in [3.05, 3.63) is 59.7 Å². The lowest BCUT2D eigenvalue weighted by Crippen LogP contribution is -2.25. The smallest absolute Gasteiger partial charge is 0.262 e. The summed E-state index contributed by atoms with van der Waals surface area (Å²) < 4.78 is 5.74. The fraction of sp³-hybridized carbons (Fsp3) is 0.364. The van der Waals surface area contributed by atoms with E-state index in [9.17, 15) is 9.59 Å². The van der Waals surface area contributed by atoms with Gasteiger partial charge in [0.2, 0.25) is 0 Å². The van der Waals surface area contributed by atoms with Gasteiger partial charge in [0, 0.05) is 17.3 Å². The summed E-state index contributed by atoms with van der Waals surface area (Å²) in [5.41, 5.74) is 2.23. The van der Waals surface area contributed by atoms with Gasteiger partial charge in [-0.25, -0.2) is 0 Å². The number of hydrogen-bond acceptors (Lipinski definition) is 3. The van der Waals surface area contributed by atoms with Crippen LogP contribution in [0.15, 0.2) is 48.5 Å². The number of carbonyl (C=O) groups excluding carboxylic acids is 2. The summed E-state index contributed by atoms with van der Waals surface area (Å²) in [7, 11) is 0. The second-order valence-electron chi connectivity index (χ2n) is 7.01. The fourth-order valence-corrected chi connectivity index (χ4v) is 2.81. The molecule has 1 unspecified atom stereocenters. The van der Waals surface area contributed by atoms with Crippen LogP contribution in [-0.4, -0.2) is 24.5 Å². The quantitative estimate of drug-likeness (QED) is 0.739. The van der Waals surface area contributed by atoms with Crippen LogP contribution in [-0.2, 0) is 4.79 Å². The van der Waals surface area contributed by atoms with E-state index in [4.69, 9.17) is 4.74 Å². The number of hydrogen-bond donors (Lipinski definition) is 2. The van der Waals surface area contributed by atoms with Crippen molar-refractivity contribution in [2.45, 2.75) is 45.1 Å². The zero-order chi connectivity index (χ0) is 19.2. The first-order valence-electron chi connectivity index (χ1n) is 9.49. The minimum atomic E-state index is -0.256. The molecule has 0 spiro atoms. The summed E-state index contributed by atoms with van der Waals surface area (Å²) in [6.45, 7) is 4.19.